The second-order valence-electron chi connectivity index (χ2n) is 6.55. The highest BCUT2D eigenvalue weighted by atomic mass is 16.5. The van der Waals surface area contributed by atoms with Gasteiger partial charge in [-0.1, -0.05) is 0 Å². The van der Waals surface area contributed by atoms with Crippen LogP contribution >= 0.6 is 0 Å². The number of likely N-dealkylation sites (N-methyl/N-ethyl adjacent to an activating group) is 1. The molecular weight excluding hydrogens is 348 g/mol. The number of nitrogens with zero attached hydrogens (tertiary/aromatic N) is 1. The van der Waals surface area contributed by atoms with E-state index in [9.17, 15) is 10.2 Å². The first-order chi connectivity index (χ1) is 14.3. The summed E-state index contributed by atoms with van der Waals surface area (Å²) in [6.45, 7) is 0.768. The van der Waals surface area contributed by atoms with E-state index >= 15 is 0 Å². The molecular formula is C21H27NO5. The van der Waals surface area contributed by atoms with Gasteiger partial charge < -0.3 is 24.4 Å². The fourth-order valence-electron chi connectivity index (χ4n) is 3.54. The number of phenolic OH excluding ortho intramolecular Hbond substituents is 2. The molecule has 0 spiro atoms. The standard InChI is InChI=1S/C21H27NO5/c1-22-8-7-14-11-19(25-2)17(23)12-15(14)16(22)6-5-13-9-18(24)21(27-4)20(10-13)26-3/h9-12,16,23-24H,5-8H2,1-4H3/i6+2,9T,10T,12T. The van der Waals surface area contributed by atoms with Crippen LogP contribution in [-0.4, -0.2) is 50.0 Å². The topological polar surface area (TPSA) is 71.4 Å². The molecule has 0 fully saturated rings. The van der Waals surface area contributed by atoms with Crippen LogP contribution in [0.2, 0.25) is 0 Å². The predicted octanol–water partition coefficient (Wildman–Crippen LogP) is 3.29. The Hall–Kier alpha value is -2.60. The third-order valence-corrected chi connectivity index (χ3v) is 4.99. The minimum Gasteiger partial charge on any atom is -0.504 e. The van der Waals surface area contributed by atoms with E-state index in [0.29, 0.717) is 18.4 Å². The van der Waals surface area contributed by atoms with E-state index < -0.39 is 0 Å². The largest absolute Gasteiger partial charge is 0.504 e. The molecule has 0 saturated heterocycles. The van der Waals surface area contributed by atoms with Crippen molar-refractivity contribution in [2.45, 2.75) is 25.3 Å². The van der Waals surface area contributed by atoms with Crippen molar-refractivity contribution in [3.05, 3.63) is 40.9 Å². The minimum atomic E-state index is -0.360. The number of aromatic hydroxyl groups is 2. The summed E-state index contributed by atoms with van der Waals surface area (Å²) in [5.74, 6) is -0.207. The Labute approximate surface area is 164 Å². The van der Waals surface area contributed by atoms with E-state index in [1.165, 1.54) is 21.3 Å². The Bertz CT molecular complexity index is 967. The molecule has 1 aliphatic heterocycles. The predicted molar refractivity (Wildman–Crippen MR) is 103 cm³/mol. The fraction of sp³-hybridized carbons (Fsp3) is 0.429. The Balaban J connectivity index is 2.00. The lowest BCUT2D eigenvalue weighted by atomic mass is 9.96. The highest BCUT2D eigenvalue weighted by Crippen LogP contribution is 2.41. The van der Waals surface area contributed by atoms with Gasteiger partial charge in [0.2, 0.25) is 5.75 Å². The van der Waals surface area contributed by atoms with Crippen molar-refractivity contribution in [2.75, 3.05) is 34.9 Å². The Morgan fingerprint density at radius 2 is 1.85 bits per heavy atom. The number of fused-ring (bicyclic) bond motifs is 1. The molecule has 1 atom stereocenters. The molecule has 3 rings (SSSR count). The highest BCUT2D eigenvalue weighted by Gasteiger charge is 2.26. The summed E-state index contributed by atoms with van der Waals surface area (Å²) in [6.07, 6.45) is 1.54. The summed E-state index contributed by atoms with van der Waals surface area (Å²) in [5.41, 5.74) is 2.02. The third kappa shape index (κ3) is 3.76. The monoisotopic (exact) mass is 381 g/mol. The molecule has 0 bridgehead atoms. The summed E-state index contributed by atoms with van der Waals surface area (Å²) in [7, 11) is 6.14. The molecule has 2 aromatic rings. The number of ether oxygens (including phenoxy) is 3. The highest BCUT2D eigenvalue weighted by molar-refractivity contribution is 5.53. The van der Waals surface area contributed by atoms with Gasteiger partial charge in [-0.05, 0) is 67.2 Å². The van der Waals surface area contributed by atoms with Crippen molar-refractivity contribution in [3.8, 4) is 28.7 Å². The summed E-state index contributed by atoms with van der Waals surface area (Å²) in [5, 5.41) is 20.7. The van der Waals surface area contributed by atoms with Crippen LogP contribution in [0.25, 0.3) is 0 Å². The van der Waals surface area contributed by atoms with E-state index in [1.54, 1.807) is 6.07 Å². The van der Waals surface area contributed by atoms with Gasteiger partial charge >= 0.3 is 0 Å². The number of hydrogen-bond donors (Lipinski definition) is 2. The molecule has 1 heterocycles. The SMILES string of the molecule is [3H]c1c(O)c(OC)c(OC)c([3H])c1C[14CH2]C1c2c(cc(OC)c(O)c2[3H])CCN1C. The van der Waals surface area contributed by atoms with Crippen molar-refractivity contribution < 1.29 is 28.5 Å². The molecule has 0 aromatic heterocycles. The molecule has 2 N–H and O–H groups in total. The van der Waals surface area contributed by atoms with Gasteiger partial charge in [-0.15, -0.1) is 0 Å². The molecule has 2 aromatic carbocycles. The number of hydrogen-bond acceptors (Lipinski definition) is 6. The van der Waals surface area contributed by atoms with Gasteiger partial charge in [-0.25, -0.2) is 0 Å². The van der Waals surface area contributed by atoms with Crippen molar-refractivity contribution in [2.24, 2.45) is 0 Å². The molecule has 1 aliphatic rings. The van der Waals surface area contributed by atoms with E-state index in [4.69, 9.17) is 18.3 Å². The first-order valence-electron chi connectivity index (χ1n) is 10.3. The molecule has 0 aliphatic carbocycles. The lowest BCUT2D eigenvalue weighted by molar-refractivity contribution is 0.218. The van der Waals surface area contributed by atoms with Crippen LogP contribution in [0.4, 0.5) is 0 Å². The lowest BCUT2D eigenvalue weighted by Crippen LogP contribution is -2.32. The molecule has 6 nitrogen and oxygen atoms in total. The van der Waals surface area contributed by atoms with Crippen LogP contribution in [0.5, 0.6) is 28.7 Å². The van der Waals surface area contributed by atoms with Crippen LogP contribution in [0.1, 0.15) is 33.3 Å². The summed E-state index contributed by atoms with van der Waals surface area (Å²) >= 11 is 0. The van der Waals surface area contributed by atoms with Crippen molar-refractivity contribution >= 4 is 0 Å². The third-order valence-electron chi connectivity index (χ3n) is 4.99. The normalized spacial score (nSPS) is 18.2. The quantitative estimate of drug-likeness (QED) is 0.800. The van der Waals surface area contributed by atoms with Gasteiger partial charge in [0.25, 0.3) is 0 Å². The zero-order chi connectivity index (χ0) is 22.2. The molecule has 146 valence electrons. The Kier molecular flexibility index (Phi) is 4.56. The van der Waals surface area contributed by atoms with Gasteiger partial charge in [0.1, 0.15) is 0 Å². The van der Waals surface area contributed by atoms with Crippen molar-refractivity contribution in [1.29, 1.82) is 0 Å². The zero-order valence-corrected chi connectivity index (χ0v) is 16.0. The van der Waals surface area contributed by atoms with Crippen LogP contribution in [0, 0.1) is 0 Å². The number of phenols is 2. The number of rotatable bonds is 6. The fourth-order valence-corrected chi connectivity index (χ4v) is 3.54. The second-order valence-corrected chi connectivity index (χ2v) is 6.55. The van der Waals surface area contributed by atoms with Crippen molar-refractivity contribution in [3.63, 3.8) is 0 Å². The molecule has 6 heteroatoms. The first-order valence-corrected chi connectivity index (χ1v) is 8.79. The molecule has 0 amide bonds. The molecule has 0 radical (unpaired) electrons. The van der Waals surface area contributed by atoms with E-state index in [0.717, 1.165) is 24.1 Å². The molecule has 0 saturated carbocycles. The van der Waals surface area contributed by atoms with Crippen LogP contribution in [-0.2, 0) is 12.8 Å². The maximum Gasteiger partial charge on any atom is 0.203 e. The van der Waals surface area contributed by atoms with Crippen LogP contribution in [0.15, 0.2) is 24.2 Å². The molecule has 27 heavy (non-hydrogen) atoms. The summed E-state index contributed by atoms with van der Waals surface area (Å²) in [6, 6.07) is 1.46. The van der Waals surface area contributed by atoms with Gasteiger partial charge in [0.05, 0.1) is 25.4 Å². The maximum atomic E-state index is 10.3. The average molecular weight is 381 g/mol. The lowest BCUT2D eigenvalue weighted by Gasteiger charge is -2.35. The zero-order valence-electron chi connectivity index (χ0n) is 19.0. The average Bonchev–Trinajstić information content (AvgIpc) is 2.74. The first kappa shape index (κ1) is 15.5. The van der Waals surface area contributed by atoms with Gasteiger partial charge in [-0.2, -0.15) is 0 Å². The second kappa shape index (κ2) is 7.96. The minimum absolute atomic E-state index is 0.000453. The Morgan fingerprint density at radius 1 is 1.11 bits per heavy atom. The smallest absolute Gasteiger partial charge is 0.203 e. The van der Waals surface area contributed by atoms with Crippen LogP contribution in [0.3, 0.4) is 0 Å². The van der Waals surface area contributed by atoms with Gasteiger partial charge in [0, 0.05) is 12.6 Å². The molecule has 1 unspecified atom stereocenters. The van der Waals surface area contributed by atoms with Gasteiger partial charge in [-0.3, -0.25) is 4.90 Å². The Morgan fingerprint density at radius 3 is 2.52 bits per heavy atom. The van der Waals surface area contributed by atoms with Crippen LogP contribution < -0.4 is 14.2 Å². The van der Waals surface area contributed by atoms with E-state index in [2.05, 4.69) is 4.90 Å². The van der Waals surface area contributed by atoms with E-state index in [-0.39, 0.29) is 52.9 Å². The summed E-state index contributed by atoms with van der Waals surface area (Å²) < 4.78 is 40.7. The van der Waals surface area contributed by atoms with Gasteiger partial charge in [0.15, 0.2) is 23.0 Å². The van der Waals surface area contributed by atoms with E-state index in [1.807, 2.05) is 7.05 Å². The number of methoxy groups -OCH3 is 3. The van der Waals surface area contributed by atoms with Crippen molar-refractivity contribution in [1.82, 2.24) is 4.90 Å². The number of benzene rings is 2. The maximum absolute atomic E-state index is 10.3. The summed E-state index contributed by atoms with van der Waals surface area (Å²) in [4.78, 5) is 2.10.